The molecular weight excluding hydrogens is 342 g/mol. The second-order valence-electron chi connectivity index (χ2n) is 4.17. The summed E-state index contributed by atoms with van der Waals surface area (Å²) in [5.41, 5.74) is 2.04. The monoisotopic (exact) mass is 355 g/mol. The van der Waals surface area contributed by atoms with Crippen molar-refractivity contribution >= 4 is 33.2 Å². The molecule has 3 nitrogen and oxygen atoms in total. The van der Waals surface area contributed by atoms with Crippen LogP contribution in [0.2, 0.25) is 5.02 Å². The lowest BCUT2D eigenvalue weighted by atomic mass is 10.2. The Kier molecular flexibility index (Phi) is 5.15. The molecule has 0 unspecified atom stereocenters. The van der Waals surface area contributed by atoms with Crippen molar-refractivity contribution < 1.29 is 9.47 Å². The van der Waals surface area contributed by atoms with E-state index in [0.717, 1.165) is 27.2 Å². The fraction of sp³-hybridized carbons (Fsp3) is 0.200. The van der Waals surface area contributed by atoms with Gasteiger partial charge in [-0.05, 0) is 45.8 Å². The van der Waals surface area contributed by atoms with Crippen LogP contribution in [0.3, 0.4) is 0 Å². The van der Waals surface area contributed by atoms with Gasteiger partial charge in [-0.1, -0.05) is 17.7 Å². The Morgan fingerprint density at radius 3 is 2.55 bits per heavy atom. The van der Waals surface area contributed by atoms with Crippen LogP contribution < -0.4 is 14.8 Å². The van der Waals surface area contributed by atoms with Gasteiger partial charge in [0.1, 0.15) is 11.5 Å². The van der Waals surface area contributed by atoms with Crippen LogP contribution in [0.25, 0.3) is 0 Å². The van der Waals surface area contributed by atoms with Crippen molar-refractivity contribution in [2.75, 3.05) is 19.5 Å². The van der Waals surface area contributed by atoms with E-state index in [1.165, 1.54) is 0 Å². The van der Waals surface area contributed by atoms with Crippen LogP contribution in [0.1, 0.15) is 5.56 Å². The number of nitrogens with one attached hydrogen (secondary N) is 1. The largest absolute Gasteiger partial charge is 0.497 e. The van der Waals surface area contributed by atoms with E-state index in [9.17, 15) is 0 Å². The third-order valence-electron chi connectivity index (χ3n) is 2.88. The molecule has 0 fully saturated rings. The lowest BCUT2D eigenvalue weighted by molar-refractivity contribution is 0.395. The normalized spacial score (nSPS) is 10.2. The molecule has 0 aliphatic carbocycles. The van der Waals surface area contributed by atoms with Gasteiger partial charge in [-0.2, -0.15) is 0 Å². The summed E-state index contributed by atoms with van der Waals surface area (Å²) < 4.78 is 11.4. The Balaban J connectivity index is 2.12. The van der Waals surface area contributed by atoms with E-state index < -0.39 is 0 Å². The van der Waals surface area contributed by atoms with E-state index in [2.05, 4.69) is 21.2 Å². The van der Waals surface area contributed by atoms with Gasteiger partial charge in [0, 0.05) is 17.1 Å². The molecule has 0 saturated carbocycles. The van der Waals surface area contributed by atoms with Gasteiger partial charge in [-0.15, -0.1) is 0 Å². The summed E-state index contributed by atoms with van der Waals surface area (Å²) in [4.78, 5) is 0. The molecule has 0 atom stereocenters. The zero-order valence-corrected chi connectivity index (χ0v) is 13.6. The first kappa shape index (κ1) is 15.0. The number of benzene rings is 2. The molecule has 0 bridgehead atoms. The Morgan fingerprint density at radius 2 is 1.90 bits per heavy atom. The molecule has 0 heterocycles. The van der Waals surface area contributed by atoms with Gasteiger partial charge < -0.3 is 14.8 Å². The van der Waals surface area contributed by atoms with Crippen LogP contribution in [0.5, 0.6) is 11.5 Å². The number of hydrogen-bond donors (Lipinski definition) is 1. The van der Waals surface area contributed by atoms with Gasteiger partial charge in [0.25, 0.3) is 0 Å². The first-order chi connectivity index (χ1) is 9.63. The van der Waals surface area contributed by atoms with Crippen LogP contribution in [-0.2, 0) is 6.54 Å². The number of anilines is 1. The van der Waals surface area contributed by atoms with Crippen molar-refractivity contribution in [1.29, 1.82) is 0 Å². The average Bonchev–Trinajstić information content (AvgIpc) is 2.48. The zero-order chi connectivity index (χ0) is 14.5. The summed E-state index contributed by atoms with van der Waals surface area (Å²) in [6.45, 7) is 0.679. The van der Waals surface area contributed by atoms with Crippen LogP contribution in [0, 0.1) is 0 Å². The molecule has 0 saturated heterocycles. The van der Waals surface area contributed by atoms with Crippen molar-refractivity contribution in [3.05, 3.63) is 51.5 Å². The first-order valence-corrected chi connectivity index (χ1v) is 7.21. The molecule has 20 heavy (non-hydrogen) atoms. The van der Waals surface area contributed by atoms with Crippen LogP contribution in [0.15, 0.2) is 40.9 Å². The highest BCUT2D eigenvalue weighted by atomic mass is 79.9. The Morgan fingerprint density at radius 1 is 1.10 bits per heavy atom. The third kappa shape index (κ3) is 3.58. The van der Waals surface area contributed by atoms with Gasteiger partial charge in [-0.25, -0.2) is 0 Å². The molecule has 5 heteroatoms. The number of ether oxygens (including phenoxy) is 2. The molecule has 0 radical (unpaired) electrons. The fourth-order valence-electron chi connectivity index (χ4n) is 1.79. The molecule has 2 aromatic carbocycles. The zero-order valence-electron chi connectivity index (χ0n) is 11.2. The highest BCUT2D eigenvalue weighted by Crippen LogP contribution is 2.30. The molecule has 106 valence electrons. The fourth-order valence-corrected chi connectivity index (χ4v) is 2.34. The summed E-state index contributed by atoms with van der Waals surface area (Å²) in [5, 5.41) is 4.04. The number of methoxy groups -OCH3 is 2. The minimum atomic E-state index is 0.679. The molecule has 2 aromatic rings. The minimum absolute atomic E-state index is 0.679. The summed E-state index contributed by atoms with van der Waals surface area (Å²) in [7, 11) is 3.27. The topological polar surface area (TPSA) is 30.5 Å². The maximum absolute atomic E-state index is 5.98. The van der Waals surface area contributed by atoms with E-state index in [4.69, 9.17) is 21.1 Å². The summed E-state index contributed by atoms with van der Waals surface area (Å²) in [6, 6.07) is 11.5. The predicted molar refractivity (Wildman–Crippen MR) is 86.0 cm³/mol. The maximum atomic E-state index is 5.98. The predicted octanol–water partition coefficient (Wildman–Crippen LogP) is 4.73. The van der Waals surface area contributed by atoms with Crippen molar-refractivity contribution in [1.82, 2.24) is 0 Å². The molecule has 0 amide bonds. The average molecular weight is 357 g/mol. The van der Waals surface area contributed by atoms with Gasteiger partial charge in [0.15, 0.2) is 0 Å². The van der Waals surface area contributed by atoms with Crippen molar-refractivity contribution in [2.24, 2.45) is 0 Å². The van der Waals surface area contributed by atoms with Crippen LogP contribution in [-0.4, -0.2) is 14.2 Å². The van der Waals surface area contributed by atoms with Crippen LogP contribution >= 0.6 is 27.5 Å². The number of hydrogen-bond acceptors (Lipinski definition) is 3. The smallest absolute Gasteiger partial charge is 0.145 e. The molecule has 0 aliphatic rings. The van der Waals surface area contributed by atoms with Crippen molar-refractivity contribution in [2.45, 2.75) is 6.54 Å². The molecule has 0 aromatic heterocycles. The number of halogens is 2. The molecule has 0 spiro atoms. The lowest BCUT2D eigenvalue weighted by Gasteiger charge is -2.13. The minimum Gasteiger partial charge on any atom is -0.497 e. The Hall–Kier alpha value is -1.39. The Labute approximate surface area is 132 Å². The van der Waals surface area contributed by atoms with Gasteiger partial charge in [0.2, 0.25) is 0 Å². The SMILES string of the molecule is COc1ccc(NCc2ccc(Cl)c(Br)c2)c(OC)c1. The van der Waals surface area contributed by atoms with E-state index in [1.807, 2.05) is 36.4 Å². The van der Waals surface area contributed by atoms with Gasteiger partial charge in [0.05, 0.1) is 24.9 Å². The standard InChI is InChI=1S/C15H15BrClNO2/c1-19-11-4-6-14(15(8-11)20-2)18-9-10-3-5-13(17)12(16)7-10/h3-8,18H,9H2,1-2H3. The summed E-state index contributed by atoms with van der Waals surface area (Å²) in [6.07, 6.45) is 0. The third-order valence-corrected chi connectivity index (χ3v) is 4.09. The van der Waals surface area contributed by atoms with Gasteiger partial charge >= 0.3 is 0 Å². The van der Waals surface area contributed by atoms with Gasteiger partial charge in [-0.3, -0.25) is 0 Å². The highest BCUT2D eigenvalue weighted by molar-refractivity contribution is 9.10. The molecule has 2 rings (SSSR count). The second-order valence-corrected chi connectivity index (χ2v) is 5.43. The summed E-state index contributed by atoms with van der Waals surface area (Å²) in [5.74, 6) is 1.51. The van der Waals surface area contributed by atoms with E-state index in [-0.39, 0.29) is 0 Å². The number of rotatable bonds is 5. The quantitative estimate of drug-likeness (QED) is 0.840. The van der Waals surface area contributed by atoms with Crippen molar-refractivity contribution in [3.8, 4) is 11.5 Å². The van der Waals surface area contributed by atoms with E-state index >= 15 is 0 Å². The first-order valence-electron chi connectivity index (χ1n) is 6.04. The van der Waals surface area contributed by atoms with Crippen molar-refractivity contribution in [3.63, 3.8) is 0 Å². The van der Waals surface area contributed by atoms with E-state index in [0.29, 0.717) is 11.6 Å². The Bertz CT molecular complexity index is 604. The molecule has 1 N–H and O–H groups in total. The molecule has 0 aliphatic heterocycles. The molecular formula is C15H15BrClNO2. The van der Waals surface area contributed by atoms with Crippen LogP contribution in [0.4, 0.5) is 5.69 Å². The second kappa shape index (κ2) is 6.86. The maximum Gasteiger partial charge on any atom is 0.145 e. The summed E-state index contributed by atoms with van der Waals surface area (Å²) >= 11 is 9.40. The lowest BCUT2D eigenvalue weighted by Crippen LogP contribution is -2.01. The van der Waals surface area contributed by atoms with E-state index in [1.54, 1.807) is 14.2 Å². The highest BCUT2D eigenvalue weighted by Gasteiger charge is 2.05.